The smallest absolute Gasteiger partial charge is 0.251 e. The van der Waals surface area contributed by atoms with Crippen molar-refractivity contribution in [2.75, 3.05) is 0 Å². The molecular weight excluding hydrogens is 688 g/mol. The number of nitriles is 1. The number of hydrogen-bond acceptors (Lipinski definition) is 4. The Morgan fingerprint density at radius 2 is 1.21 bits per heavy atom. The number of nitrogens with zero attached hydrogens (tertiary/aromatic N) is 1. The van der Waals surface area contributed by atoms with Gasteiger partial charge in [-0.3, -0.25) is 9.59 Å². The predicted octanol–water partition coefficient (Wildman–Crippen LogP) is 10.4. The average molecular weight is 717 g/mol. The quantitative estimate of drug-likeness (QED) is 0.150. The molecule has 0 bridgehead atoms. The Labute approximate surface area is 299 Å². The monoisotopic (exact) mass is 715 g/mol. The number of rotatable bonds is 10. The van der Waals surface area contributed by atoms with E-state index in [9.17, 15) is 14.9 Å². The molecule has 0 aromatic heterocycles. The topological polar surface area (TPSA) is 91.2 Å². The molecule has 5 aromatic carbocycles. The molecule has 0 aliphatic rings. The van der Waals surface area contributed by atoms with Gasteiger partial charge < -0.3 is 15.4 Å². The SMILES string of the molecule is CC(NC(=O)c1cc(OCc2ccc(-c3ccccc3C#N)cc2)cc(C(=O)NC(C)c2ccc(Cl)c(Cl)c2)c1)c1ccc(Cl)c(Cl)c1. The van der Waals surface area contributed by atoms with Crippen molar-refractivity contribution in [1.82, 2.24) is 10.6 Å². The number of hydrogen-bond donors (Lipinski definition) is 2. The van der Waals surface area contributed by atoms with E-state index in [-0.39, 0.29) is 17.7 Å². The van der Waals surface area contributed by atoms with E-state index in [1.54, 1.807) is 54.6 Å². The van der Waals surface area contributed by atoms with Crippen LogP contribution >= 0.6 is 46.4 Å². The highest BCUT2D eigenvalue weighted by Gasteiger charge is 2.19. The second-order valence-electron chi connectivity index (χ2n) is 11.1. The third-order valence-electron chi connectivity index (χ3n) is 7.73. The van der Waals surface area contributed by atoms with Crippen LogP contribution in [0.5, 0.6) is 5.75 Å². The second-order valence-corrected chi connectivity index (χ2v) is 12.8. The lowest BCUT2D eigenvalue weighted by Gasteiger charge is -2.18. The van der Waals surface area contributed by atoms with Crippen molar-refractivity contribution in [3.8, 4) is 22.9 Å². The van der Waals surface area contributed by atoms with Crippen LogP contribution in [0.1, 0.15) is 68.9 Å². The summed E-state index contributed by atoms with van der Waals surface area (Å²) in [4.78, 5) is 27.0. The Hall–Kier alpha value is -4.51. The van der Waals surface area contributed by atoms with Crippen LogP contribution in [0, 0.1) is 11.3 Å². The van der Waals surface area contributed by atoms with Crippen LogP contribution < -0.4 is 15.4 Å². The Balaban J connectivity index is 1.38. The molecule has 0 saturated heterocycles. The molecule has 2 N–H and O–H groups in total. The molecule has 0 saturated carbocycles. The zero-order valence-electron chi connectivity index (χ0n) is 25.9. The van der Waals surface area contributed by atoms with Gasteiger partial charge in [-0.25, -0.2) is 0 Å². The van der Waals surface area contributed by atoms with Gasteiger partial charge in [0.05, 0.1) is 43.8 Å². The molecule has 2 unspecified atom stereocenters. The number of carbonyl (C=O) groups is 2. The fraction of sp³-hybridized carbons (Fsp3) is 0.132. The zero-order valence-corrected chi connectivity index (χ0v) is 28.9. The zero-order chi connectivity index (χ0) is 34.4. The fourth-order valence-electron chi connectivity index (χ4n) is 5.01. The number of carbonyl (C=O) groups excluding carboxylic acids is 2. The first kappa shape index (κ1) is 34.8. The minimum Gasteiger partial charge on any atom is -0.489 e. The molecule has 0 fully saturated rings. The molecule has 2 amide bonds. The van der Waals surface area contributed by atoms with Gasteiger partial charge in [0.25, 0.3) is 11.8 Å². The highest BCUT2D eigenvalue weighted by molar-refractivity contribution is 6.42. The van der Waals surface area contributed by atoms with Crippen LogP contribution in [-0.4, -0.2) is 11.8 Å². The molecule has 10 heteroatoms. The molecule has 0 spiro atoms. The predicted molar refractivity (Wildman–Crippen MR) is 192 cm³/mol. The van der Waals surface area contributed by atoms with E-state index in [4.69, 9.17) is 51.1 Å². The molecule has 6 nitrogen and oxygen atoms in total. The lowest BCUT2D eigenvalue weighted by Crippen LogP contribution is -2.29. The summed E-state index contributed by atoms with van der Waals surface area (Å²) in [5.74, 6) is -0.492. The third kappa shape index (κ3) is 8.49. The van der Waals surface area contributed by atoms with Gasteiger partial charge in [0, 0.05) is 11.1 Å². The van der Waals surface area contributed by atoms with Crippen LogP contribution in [0.25, 0.3) is 11.1 Å². The molecule has 5 aromatic rings. The van der Waals surface area contributed by atoms with Gasteiger partial charge in [0.15, 0.2) is 0 Å². The number of benzene rings is 5. The highest BCUT2D eigenvalue weighted by Crippen LogP contribution is 2.29. The summed E-state index contributed by atoms with van der Waals surface area (Å²) in [7, 11) is 0. The maximum Gasteiger partial charge on any atom is 0.251 e. The first-order valence-corrected chi connectivity index (χ1v) is 16.4. The summed E-state index contributed by atoms with van der Waals surface area (Å²) in [6.45, 7) is 3.82. The van der Waals surface area contributed by atoms with Gasteiger partial charge in [-0.15, -0.1) is 0 Å². The second kappa shape index (κ2) is 15.6. The average Bonchev–Trinajstić information content (AvgIpc) is 3.09. The Morgan fingerprint density at radius 1 is 0.688 bits per heavy atom. The summed E-state index contributed by atoms with van der Waals surface area (Å²) >= 11 is 24.5. The molecule has 242 valence electrons. The number of halogens is 4. The molecule has 0 aliphatic carbocycles. The van der Waals surface area contributed by atoms with Crippen LogP contribution in [0.2, 0.25) is 20.1 Å². The van der Waals surface area contributed by atoms with Crippen molar-refractivity contribution >= 4 is 58.2 Å². The molecule has 0 aliphatic heterocycles. The Bertz CT molecular complexity index is 1940. The number of amides is 2. The van der Waals surface area contributed by atoms with Crippen LogP contribution in [-0.2, 0) is 6.61 Å². The van der Waals surface area contributed by atoms with Crippen molar-refractivity contribution < 1.29 is 14.3 Å². The first-order chi connectivity index (χ1) is 23.0. The van der Waals surface area contributed by atoms with Crippen LogP contribution in [0.4, 0.5) is 0 Å². The van der Waals surface area contributed by atoms with Crippen molar-refractivity contribution in [3.05, 3.63) is 157 Å². The van der Waals surface area contributed by atoms with E-state index < -0.39 is 23.9 Å². The minimum absolute atomic E-state index is 0.172. The van der Waals surface area contributed by atoms with Crippen LogP contribution in [0.15, 0.2) is 103 Å². The summed E-state index contributed by atoms with van der Waals surface area (Å²) in [5, 5.41) is 17.0. The summed E-state index contributed by atoms with van der Waals surface area (Å²) < 4.78 is 6.12. The van der Waals surface area contributed by atoms with Gasteiger partial charge >= 0.3 is 0 Å². The van der Waals surface area contributed by atoms with Gasteiger partial charge in [0.1, 0.15) is 12.4 Å². The molecule has 48 heavy (non-hydrogen) atoms. The van der Waals surface area contributed by atoms with E-state index in [1.165, 1.54) is 6.07 Å². The van der Waals surface area contributed by atoms with E-state index >= 15 is 0 Å². The summed E-state index contributed by atoms with van der Waals surface area (Å²) in [6, 6.07) is 31.5. The Kier molecular flexibility index (Phi) is 11.3. The third-order valence-corrected chi connectivity index (χ3v) is 9.21. The minimum atomic E-state index is -0.411. The van der Waals surface area contributed by atoms with Crippen molar-refractivity contribution in [2.24, 2.45) is 0 Å². The van der Waals surface area contributed by atoms with Crippen molar-refractivity contribution in [2.45, 2.75) is 32.5 Å². The fourth-order valence-corrected chi connectivity index (χ4v) is 5.63. The lowest BCUT2D eigenvalue weighted by atomic mass is 9.99. The molecule has 5 rings (SSSR count). The van der Waals surface area contributed by atoms with Crippen molar-refractivity contribution in [3.63, 3.8) is 0 Å². The number of ether oxygens (including phenoxy) is 1. The van der Waals surface area contributed by atoms with E-state index in [1.807, 2.05) is 56.3 Å². The van der Waals surface area contributed by atoms with Crippen molar-refractivity contribution in [1.29, 1.82) is 5.26 Å². The maximum atomic E-state index is 13.5. The summed E-state index contributed by atoms with van der Waals surface area (Å²) in [5.41, 5.74) is 5.18. The highest BCUT2D eigenvalue weighted by atomic mass is 35.5. The van der Waals surface area contributed by atoms with Gasteiger partial charge in [-0.1, -0.05) is 101 Å². The van der Waals surface area contributed by atoms with E-state index in [0.717, 1.165) is 27.8 Å². The molecular formula is C38H29Cl4N3O3. The molecule has 2 atom stereocenters. The molecule has 0 heterocycles. The largest absolute Gasteiger partial charge is 0.489 e. The van der Waals surface area contributed by atoms with Gasteiger partial charge in [0.2, 0.25) is 0 Å². The first-order valence-electron chi connectivity index (χ1n) is 14.9. The number of nitrogens with one attached hydrogen (secondary N) is 2. The summed E-state index contributed by atoms with van der Waals surface area (Å²) in [6.07, 6.45) is 0. The lowest BCUT2D eigenvalue weighted by molar-refractivity contribution is 0.0939. The van der Waals surface area contributed by atoms with E-state index in [0.29, 0.717) is 31.4 Å². The van der Waals surface area contributed by atoms with Crippen LogP contribution in [0.3, 0.4) is 0 Å². The maximum absolute atomic E-state index is 13.5. The van der Waals surface area contributed by atoms with Gasteiger partial charge in [-0.05, 0) is 90.2 Å². The van der Waals surface area contributed by atoms with E-state index in [2.05, 4.69) is 16.7 Å². The normalized spacial score (nSPS) is 12.0. The Morgan fingerprint density at radius 3 is 1.71 bits per heavy atom. The standard InChI is InChI=1S/C38H29Cl4N3O3/c1-22(26-11-13-33(39)35(41)18-26)44-37(46)29-15-30(38(47)45-23(2)27-12-14-34(40)36(42)19-27)17-31(16-29)48-21-24-7-9-25(10-8-24)32-6-4-3-5-28(32)20-43/h3-19,22-23H,21H2,1-2H3,(H,44,46)(H,45,47). The van der Waals surface area contributed by atoms with Gasteiger partial charge in [-0.2, -0.15) is 5.26 Å². The molecule has 0 radical (unpaired) electrons.